The molecular weight excluding hydrogens is 328 g/mol. The lowest BCUT2D eigenvalue weighted by Gasteiger charge is -2.28. The first kappa shape index (κ1) is 16.8. The van der Waals surface area contributed by atoms with Crippen molar-refractivity contribution in [3.8, 4) is 0 Å². The van der Waals surface area contributed by atoms with Crippen molar-refractivity contribution >= 4 is 23.2 Å². The van der Waals surface area contributed by atoms with Crippen LogP contribution in [0.25, 0.3) is 0 Å². The molecule has 5 nitrogen and oxygen atoms in total. The van der Waals surface area contributed by atoms with Gasteiger partial charge in [-0.25, -0.2) is 9.96 Å². The highest BCUT2D eigenvalue weighted by Crippen LogP contribution is 2.41. The van der Waals surface area contributed by atoms with Gasteiger partial charge in [0.1, 0.15) is 0 Å². The molecule has 134 valence electrons. The first-order valence-electron chi connectivity index (χ1n) is 9.16. The van der Waals surface area contributed by atoms with Crippen molar-refractivity contribution in [2.24, 2.45) is 5.92 Å². The highest BCUT2D eigenvalue weighted by Gasteiger charge is 2.59. The van der Waals surface area contributed by atoms with Gasteiger partial charge in [0.25, 0.3) is 5.91 Å². The number of unbranched alkanes of at least 4 members (excludes halogenated alkanes) is 1. The molecule has 0 N–H and O–H groups in total. The second-order valence-electron chi connectivity index (χ2n) is 6.77. The molecule has 4 rings (SSSR count). The number of anilines is 2. The number of imide groups is 1. The first-order chi connectivity index (χ1) is 12.7. The van der Waals surface area contributed by atoms with Gasteiger partial charge in [0.15, 0.2) is 6.10 Å². The van der Waals surface area contributed by atoms with Crippen LogP contribution >= 0.6 is 0 Å². The van der Waals surface area contributed by atoms with E-state index in [1.54, 1.807) is 17.2 Å². The van der Waals surface area contributed by atoms with E-state index in [0.29, 0.717) is 5.69 Å². The topological polar surface area (TPSA) is 49.9 Å². The number of carbonyl (C=O) groups is 2. The van der Waals surface area contributed by atoms with Crippen molar-refractivity contribution in [1.29, 1.82) is 0 Å². The van der Waals surface area contributed by atoms with Crippen LogP contribution in [0.1, 0.15) is 26.2 Å². The summed E-state index contributed by atoms with van der Waals surface area (Å²) in [5.74, 6) is -0.897. The van der Waals surface area contributed by atoms with Crippen molar-refractivity contribution < 1.29 is 14.4 Å². The minimum atomic E-state index is -0.746. The SMILES string of the molecule is CCCC[C@H]1[C@@H]2C(=O)N(c3ccccc3)C(=O)[C@H]2ON1c1ccccc1. The molecule has 0 aliphatic carbocycles. The first-order valence-corrected chi connectivity index (χ1v) is 9.16. The Kier molecular flexibility index (Phi) is 4.47. The summed E-state index contributed by atoms with van der Waals surface area (Å²) in [6, 6.07) is 18.7. The summed E-state index contributed by atoms with van der Waals surface area (Å²) >= 11 is 0. The monoisotopic (exact) mass is 350 g/mol. The lowest BCUT2D eigenvalue weighted by molar-refractivity contribution is -0.126. The van der Waals surface area contributed by atoms with Crippen molar-refractivity contribution in [1.82, 2.24) is 0 Å². The van der Waals surface area contributed by atoms with E-state index in [-0.39, 0.29) is 17.9 Å². The van der Waals surface area contributed by atoms with Gasteiger partial charge in [-0.1, -0.05) is 56.2 Å². The van der Waals surface area contributed by atoms with Gasteiger partial charge in [0.05, 0.1) is 23.3 Å². The van der Waals surface area contributed by atoms with Crippen LogP contribution in [-0.2, 0) is 14.4 Å². The third-order valence-corrected chi connectivity index (χ3v) is 5.12. The molecule has 0 aromatic heterocycles. The standard InChI is InChI=1S/C21H22N2O3/c1-2-3-14-17-18-19(26-23(17)16-12-8-5-9-13-16)21(25)22(20(18)24)15-10-6-4-7-11-15/h4-13,17-19H,2-3,14H2,1H3/t17-,18-,19-/m0/s1. The van der Waals surface area contributed by atoms with Crippen molar-refractivity contribution in [3.63, 3.8) is 0 Å². The Morgan fingerprint density at radius 2 is 1.50 bits per heavy atom. The Labute approximate surface area is 153 Å². The van der Waals surface area contributed by atoms with Gasteiger partial charge in [-0.15, -0.1) is 0 Å². The van der Waals surface area contributed by atoms with Crippen molar-refractivity contribution in [3.05, 3.63) is 60.7 Å². The predicted octanol–water partition coefficient (Wildman–Crippen LogP) is 3.56. The Bertz CT molecular complexity index is 793. The lowest BCUT2D eigenvalue weighted by atomic mass is 9.92. The smallest absolute Gasteiger partial charge is 0.266 e. The molecule has 0 spiro atoms. The number of fused-ring (bicyclic) bond motifs is 1. The Morgan fingerprint density at radius 1 is 0.885 bits per heavy atom. The molecule has 26 heavy (non-hydrogen) atoms. The normalized spacial score (nSPS) is 25.0. The van der Waals surface area contributed by atoms with Crippen LogP contribution in [0.5, 0.6) is 0 Å². The second kappa shape index (κ2) is 6.92. The molecule has 2 fully saturated rings. The summed E-state index contributed by atoms with van der Waals surface area (Å²) in [6.45, 7) is 2.12. The minimum absolute atomic E-state index is 0.132. The summed E-state index contributed by atoms with van der Waals surface area (Å²) in [6.07, 6.45) is 2.08. The third kappa shape index (κ3) is 2.69. The van der Waals surface area contributed by atoms with E-state index in [0.717, 1.165) is 24.9 Å². The van der Waals surface area contributed by atoms with Crippen LogP contribution in [0.2, 0.25) is 0 Å². The summed E-state index contributed by atoms with van der Waals surface area (Å²) in [7, 11) is 0. The molecule has 2 aromatic carbocycles. The van der Waals surface area contributed by atoms with E-state index in [1.807, 2.05) is 48.5 Å². The second-order valence-corrected chi connectivity index (χ2v) is 6.77. The molecule has 0 unspecified atom stereocenters. The van der Waals surface area contributed by atoms with Gasteiger partial charge < -0.3 is 0 Å². The van der Waals surface area contributed by atoms with Crippen LogP contribution in [0, 0.1) is 5.92 Å². The molecule has 0 bridgehead atoms. The van der Waals surface area contributed by atoms with E-state index >= 15 is 0 Å². The fourth-order valence-electron chi connectivity index (χ4n) is 3.86. The number of nitrogens with zero attached hydrogens (tertiary/aromatic N) is 2. The largest absolute Gasteiger partial charge is 0.273 e. The molecule has 2 amide bonds. The van der Waals surface area contributed by atoms with E-state index in [4.69, 9.17) is 4.84 Å². The van der Waals surface area contributed by atoms with E-state index < -0.39 is 12.0 Å². The number of benzene rings is 2. The zero-order valence-electron chi connectivity index (χ0n) is 14.7. The number of hydrogen-bond acceptors (Lipinski definition) is 4. The molecule has 2 heterocycles. The lowest BCUT2D eigenvalue weighted by Crippen LogP contribution is -2.40. The number of hydrogen-bond donors (Lipinski definition) is 0. The summed E-state index contributed by atoms with van der Waals surface area (Å²) < 4.78 is 0. The molecule has 2 aromatic rings. The van der Waals surface area contributed by atoms with Crippen LogP contribution in [-0.4, -0.2) is 24.0 Å². The highest BCUT2D eigenvalue weighted by atomic mass is 16.7. The van der Waals surface area contributed by atoms with Gasteiger partial charge in [-0.2, -0.15) is 0 Å². The maximum atomic E-state index is 13.1. The maximum absolute atomic E-state index is 13.1. The fraction of sp³-hybridized carbons (Fsp3) is 0.333. The van der Waals surface area contributed by atoms with E-state index in [2.05, 4.69) is 6.92 Å². The van der Waals surface area contributed by atoms with Gasteiger partial charge >= 0.3 is 0 Å². The molecule has 2 aliphatic heterocycles. The summed E-state index contributed by atoms with van der Waals surface area (Å²) in [5.41, 5.74) is 1.50. The Hall–Kier alpha value is -2.66. The third-order valence-electron chi connectivity index (χ3n) is 5.12. The number of para-hydroxylation sites is 2. The van der Waals surface area contributed by atoms with Gasteiger partial charge in [-0.05, 0) is 30.7 Å². The van der Waals surface area contributed by atoms with Gasteiger partial charge in [0.2, 0.25) is 5.91 Å². The summed E-state index contributed by atoms with van der Waals surface area (Å²) in [4.78, 5) is 33.4. The average Bonchev–Trinajstić information content (AvgIpc) is 3.17. The van der Waals surface area contributed by atoms with E-state index in [1.165, 1.54) is 4.90 Å². The van der Waals surface area contributed by atoms with Gasteiger partial charge in [0, 0.05) is 0 Å². The van der Waals surface area contributed by atoms with Crippen LogP contribution < -0.4 is 9.96 Å². The predicted molar refractivity (Wildman–Crippen MR) is 99.5 cm³/mol. The fourth-order valence-corrected chi connectivity index (χ4v) is 3.86. The zero-order valence-corrected chi connectivity index (χ0v) is 14.7. The van der Waals surface area contributed by atoms with Crippen LogP contribution in [0.4, 0.5) is 11.4 Å². The van der Waals surface area contributed by atoms with E-state index in [9.17, 15) is 9.59 Å². The number of carbonyl (C=O) groups excluding carboxylic acids is 2. The number of hydroxylamine groups is 1. The van der Waals surface area contributed by atoms with Crippen molar-refractivity contribution in [2.45, 2.75) is 38.3 Å². The average molecular weight is 350 g/mol. The Morgan fingerprint density at radius 3 is 2.12 bits per heavy atom. The number of rotatable bonds is 5. The molecule has 5 heteroatoms. The quantitative estimate of drug-likeness (QED) is 0.774. The number of amides is 2. The maximum Gasteiger partial charge on any atom is 0.266 e. The van der Waals surface area contributed by atoms with Crippen molar-refractivity contribution in [2.75, 3.05) is 9.96 Å². The highest BCUT2D eigenvalue weighted by molar-refractivity contribution is 6.23. The zero-order chi connectivity index (χ0) is 18.1. The molecule has 2 aliphatic rings. The Balaban J connectivity index is 1.67. The summed E-state index contributed by atoms with van der Waals surface area (Å²) in [5, 5.41) is 1.78. The molecule has 0 radical (unpaired) electrons. The van der Waals surface area contributed by atoms with Gasteiger partial charge in [-0.3, -0.25) is 14.4 Å². The minimum Gasteiger partial charge on any atom is -0.273 e. The van der Waals surface area contributed by atoms with Crippen LogP contribution in [0.15, 0.2) is 60.7 Å². The molecule has 2 saturated heterocycles. The molecular formula is C21H22N2O3. The molecule has 3 atom stereocenters. The van der Waals surface area contributed by atoms with Crippen LogP contribution in [0.3, 0.4) is 0 Å². The molecule has 0 saturated carbocycles.